The van der Waals surface area contributed by atoms with Crippen LogP contribution in [0.5, 0.6) is 17.2 Å². The first kappa shape index (κ1) is 17.6. The molecule has 0 atom stereocenters. The number of hydrogen-bond acceptors (Lipinski definition) is 7. The highest BCUT2D eigenvalue weighted by Gasteiger charge is 2.16. The van der Waals surface area contributed by atoms with Crippen LogP contribution >= 0.6 is 0 Å². The molecule has 1 amide bonds. The third-order valence-corrected chi connectivity index (χ3v) is 4.06. The molecule has 0 unspecified atom stereocenters. The largest absolute Gasteiger partial charge is 0.497 e. The lowest BCUT2D eigenvalue weighted by Crippen LogP contribution is -2.15. The lowest BCUT2D eigenvalue weighted by molar-refractivity contribution is 0.102. The molecule has 0 saturated carbocycles. The van der Waals surface area contributed by atoms with Crippen LogP contribution in [0.4, 0.5) is 17.3 Å². The van der Waals surface area contributed by atoms with E-state index in [1.165, 1.54) is 0 Å². The molecular weight excluding hydrogens is 360 g/mol. The van der Waals surface area contributed by atoms with Crippen LogP contribution in [0.25, 0.3) is 0 Å². The number of rotatable bonds is 5. The van der Waals surface area contributed by atoms with Gasteiger partial charge in [0.2, 0.25) is 12.7 Å². The van der Waals surface area contributed by atoms with Crippen LogP contribution in [0.3, 0.4) is 0 Å². The van der Waals surface area contributed by atoms with Crippen LogP contribution < -0.4 is 24.8 Å². The standard InChI is InChI=1S/C20H18N4O4/c1-12-9-16(19(25)22-14-5-8-17-18(10-14)28-11-27-17)24-20(21-12)23-13-3-6-15(26-2)7-4-13/h3-10H,11H2,1-2H3,(H,22,25)(H,21,23,24). The number of hydrogen-bond donors (Lipinski definition) is 2. The molecule has 142 valence electrons. The summed E-state index contributed by atoms with van der Waals surface area (Å²) in [6.45, 7) is 1.98. The fourth-order valence-corrected chi connectivity index (χ4v) is 2.71. The third kappa shape index (κ3) is 3.80. The van der Waals surface area contributed by atoms with Gasteiger partial charge in [-0.2, -0.15) is 0 Å². The van der Waals surface area contributed by atoms with Crippen LogP contribution in [0.2, 0.25) is 0 Å². The van der Waals surface area contributed by atoms with Gasteiger partial charge in [0, 0.05) is 23.1 Å². The molecule has 2 aromatic carbocycles. The fraction of sp³-hybridized carbons (Fsp3) is 0.150. The Kier molecular flexibility index (Phi) is 4.67. The summed E-state index contributed by atoms with van der Waals surface area (Å²) >= 11 is 0. The number of benzene rings is 2. The molecule has 0 fully saturated rings. The number of fused-ring (bicyclic) bond motifs is 1. The molecule has 0 bridgehead atoms. The molecule has 0 aliphatic carbocycles. The molecule has 1 aromatic heterocycles. The first-order valence-corrected chi connectivity index (χ1v) is 8.58. The molecule has 0 saturated heterocycles. The van der Waals surface area contributed by atoms with Gasteiger partial charge in [0.1, 0.15) is 11.4 Å². The van der Waals surface area contributed by atoms with E-state index in [2.05, 4.69) is 20.6 Å². The minimum Gasteiger partial charge on any atom is -0.497 e. The highest BCUT2D eigenvalue weighted by Crippen LogP contribution is 2.34. The summed E-state index contributed by atoms with van der Waals surface area (Å²) in [6.07, 6.45) is 0. The van der Waals surface area contributed by atoms with Gasteiger partial charge in [0.05, 0.1) is 7.11 Å². The molecule has 2 N–H and O–H groups in total. The SMILES string of the molecule is COc1ccc(Nc2nc(C)cc(C(=O)Nc3ccc4c(c3)OCO4)n2)cc1. The maximum Gasteiger partial charge on any atom is 0.274 e. The van der Waals surface area contributed by atoms with Gasteiger partial charge in [-0.1, -0.05) is 0 Å². The summed E-state index contributed by atoms with van der Waals surface area (Å²) in [4.78, 5) is 21.3. The normalized spacial score (nSPS) is 11.8. The Morgan fingerprint density at radius 3 is 2.54 bits per heavy atom. The van der Waals surface area contributed by atoms with Crippen molar-refractivity contribution >= 4 is 23.2 Å². The van der Waals surface area contributed by atoms with Crippen molar-refractivity contribution in [1.82, 2.24) is 9.97 Å². The van der Waals surface area contributed by atoms with Gasteiger partial charge in [0.15, 0.2) is 11.5 Å². The van der Waals surface area contributed by atoms with Gasteiger partial charge in [-0.3, -0.25) is 4.79 Å². The number of aromatic nitrogens is 2. The molecule has 3 aromatic rings. The highest BCUT2D eigenvalue weighted by molar-refractivity contribution is 6.03. The van der Waals surface area contributed by atoms with Crippen LogP contribution in [-0.2, 0) is 0 Å². The Hall–Kier alpha value is -3.81. The maximum absolute atomic E-state index is 12.6. The molecule has 0 radical (unpaired) electrons. The van der Waals surface area contributed by atoms with Crippen molar-refractivity contribution in [3.05, 3.63) is 59.9 Å². The van der Waals surface area contributed by atoms with Gasteiger partial charge in [-0.15, -0.1) is 0 Å². The molecule has 4 rings (SSSR count). The van der Waals surface area contributed by atoms with E-state index in [1.54, 1.807) is 38.3 Å². The van der Waals surface area contributed by atoms with Crippen molar-refractivity contribution in [3.8, 4) is 17.2 Å². The first-order valence-electron chi connectivity index (χ1n) is 8.58. The number of carbonyl (C=O) groups is 1. The van der Waals surface area contributed by atoms with E-state index in [0.717, 1.165) is 11.4 Å². The van der Waals surface area contributed by atoms with E-state index in [4.69, 9.17) is 14.2 Å². The molecule has 1 aliphatic heterocycles. The van der Waals surface area contributed by atoms with Crippen molar-refractivity contribution in [2.24, 2.45) is 0 Å². The molecule has 1 aliphatic rings. The Balaban J connectivity index is 1.51. The van der Waals surface area contributed by atoms with Crippen molar-refractivity contribution < 1.29 is 19.0 Å². The van der Waals surface area contributed by atoms with E-state index in [-0.39, 0.29) is 18.4 Å². The fourth-order valence-electron chi connectivity index (χ4n) is 2.71. The van der Waals surface area contributed by atoms with Crippen LogP contribution in [0.1, 0.15) is 16.2 Å². The second kappa shape index (κ2) is 7.43. The average molecular weight is 378 g/mol. The molecular formula is C20H18N4O4. The van der Waals surface area contributed by atoms with Crippen molar-refractivity contribution in [2.45, 2.75) is 6.92 Å². The second-order valence-electron chi connectivity index (χ2n) is 6.09. The predicted molar refractivity (Wildman–Crippen MR) is 104 cm³/mol. The number of methoxy groups -OCH3 is 1. The highest BCUT2D eigenvalue weighted by atomic mass is 16.7. The Morgan fingerprint density at radius 1 is 1.00 bits per heavy atom. The summed E-state index contributed by atoms with van der Waals surface area (Å²) in [7, 11) is 1.61. The molecule has 28 heavy (non-hydrogen) atoms. The minimum atomic E-state index is -0.345. The lowest BCUT2D eigenvalue weighted by Gasteiger charge is -2.10. The summed E-state index contributed by atoms with van der Waals surface area (Å²) in [5.41, 5.74) is 2.30. The quantitative estimate of drug-likeness (QED) is 0.701. The number of ether oxygens (including phenoxy) is 3. The predicted octanol–water partition coefficient (Wildman–Crippen LogP) is 3.52. The summed E-state index contributed by atoms with van der Waals surface area (Å²) < 4.78 is 15.7. The van der Waals surface area contributed by atoms with E-state index >= 15 is 0 Å². The van der Waals surface area contributed by atoms with Crippen molar-refractivity contribution in [3.63, 3.8) is 0 Å². The van der Waals surface area contributed by atoms with Crippen LogP contribution in [0.15, 0.2) is 48.5 Å². The van der Waals surface area contributed by atoms with Gasteiger partial charge >= 0.3 is 0 Å². The monoisotopic (exact) mass is 378 g/mol. The average Bonchev–Trinajstić information content (AvgIpc) is 3.16. The Bertz CT molecular complexity index is 1020. The summed E-state index contributed by atoms with van der Waals surface area (Å²) in [5.74, 6) is 1.99. The Morgan fingerprint density at radius 2 is 1.75 bits per heavy atom. The summed E-state index contributed by atoms with van der Waals surface area (Å²) in [5, 5.41) is 5.91. The zero-order valence-electron chi connectivity index (χ0n) is 15.4. The number of aryl methyl sites for hydroxylation is 1. The molecule has 0 spiro atoms. The van der Waals surface area contributed by atoms with Gasteiger partial charge in [-0.05, 0) is 49.4 Å². The number of amides is 1. The van der Waals surface area contributed by atoms with Crippen LogP contribution in [-0.4, -0.2) is 29.8 Å². The molecule has 2 heterocycles. The number of carbonyl (C=O) groups excluding carboxylic acids is 1. The third-order valence-electron chi connectivity index (χ3n) is 4.06. The second-order valence-corrected chi connectivity index (χ2v) is 6.09. The lowest BCUT2D eigenvalue weighted by atomic mass is 10.2. The Labute approximate surface area is 161 Å². The van der Waals surface area contributed by atoms with E-state index < -0.39 is 0 Å². The van der Waals surface area contributed by atoms with Gasteiger partial charge in [0.25, 0.3) is 5.91 Å². The molecule has 8 heteroatoms. The number of nitrogens with one attached hydrogen (secondary N) is 2. The van der Waals surface area contributed by atoms with E-state index in [0.29, 0.717) is 28.8 Å². The van der Waals surface area contributed by atoms with Crippen molar-refractivity contribution in [2.75, 3.05) is 24.5 Å². The first-order chi connectivity index (χ1) is 13.6. The molecule has 8 nitrogen and oxygen atoms in total. The summed E-state index contributed by atoms with van der Waals surface area (Å²) in [6, 6.07) is 14.2. The smallest absolute Gasteiger partial charge is 0.274 e. The minimum absolute atomic E-state index is 0.179. The van der Waals surface area contributed by atoms with E-state index in [9.17, 15) is 4.79 Å². The maximum atomic E-state index is 12.6. The number of nitrogens with zero attached hydrogens (tertiary/aromatic N) is 2. The topological polar surface area (TPSA) is 94.6 Å². The number of anilines is 3. The zero-order valence-corrected chi connectivity index (χ0v) is 15.4. The van der Waals surface area contributed by atoms with Crippen LogP contribution in [0, 0.1) is 6.92 Å². The van der Waals surface area contributed by atoms with Crippen molar-refractivity contribution in [1.29, 1.82) is 0 Å². The van der Waals surface area contributed by atoms with Gasteiger partial charge in [-0.25, -0.2) is 9.97 Å². The van der Waals surface area contributed by atoms with E-state index in [1.807, 2.05) is 24.3 Å². The van der Waals surface area contributed by atoms with Gasteiger partial charge < -0.3 is 24.8 Å². The zero-order chi connectivity index (χ0) is 19.5.